The van der Waals surface area contributed by atoms with E-state index in [1.54, 1.807) is 12.3 Å². The number of H-pyrrole nitrogens is 1. The molecule has 0 saturated heterocycles. The van der Waals surface area contributed by atoms with E-state index in [0.29, 0.717) is 6.54 Å². The lowest BCUT2D eigenvalue weighted by atomic mass is 10.1. The number of hydrogen-bond donors (Lipinski definition) is 2. The van der Waals surface area contributed by atoms with Crippen molar-refractivity contribution in [3.63, 3.8) is 0 Å². The van der Waals surface area contributed by atoms with Gasteiger partial charge in [0, 0.05) is 29.2 Å². The zero-order valence-corrected chi connectivity index (χ0v) is 10.7. The minimum absolute atomic E-state index is 0.123. The van der Waals surface area contributed by atoms with Crippen LogP contribution in [0, 0.1) is 11.3 Å². The number of rotatable bonds is 4. The van der Waals surface area contributed by atoms with Gasteiger partial charge in [0.1, 0.15) is 11.6 Å². The van der Waals surface area contributed by atoms with Crippen molar-refractivity contribution in [1.29, 1.82) is 5.26 Å². The molecule has 1 heterocycles. The Balaban J connectivity index is 2.33. The lowest BCUT2D eigenvalue weighted by Crippen LogP contribution is -2.25. The number of carbonyl (C=O) groups excluding carboxylic acids is 1. The van der Waals surface area contributed by atoms with Gasteiger partial charge in [-0.25, -0.2) is 0 Å². The van der Waals surface area contributed by atoms with E-state index in [4.69, 9.17) is 5.26 Å². The largest absolute Gasteiger partial charge is 0.361 e. The fraction of sp³-hybridized carbons (Fsp3) is 0.200. The van der Waals surface area contributed by atoms with E-state index in [-0.39, 0.29) is 11.5 Å². The van der Waals surface area contributed by atoms with Crippen molar-refractivity contribution in [3.05, 3.63) is 41.6 Å². The molecule has 0 saturated carbocycles. The molecule has 0 unspecified atom stereocenters. The molecule has 2 rings (SSSR count). The molecule has 0 spiro atoms. The molecule has 0 aliphatic rings. The topological polar surface area (TPSA) is 68.7 Å². The lowest BCUT2D eigenvalue weighted by molar-refractivity contribution is -0.117. The van der Waals surface area contributed by atoms with E-state index in [9.17, 15) is 4.79 Å². The summed E-state index contributed by atoms with van der Waals surface area (Å²) >= 11 is 0. The van der Waals surface area contributed by atoms with Crippen molar-refractivity contribution in [2.75, 3.05) is 6.54 Å². The van der Waals surface area contributed by atoms with Crippen LogP contribution in [0.1, 0.15) is 18.9 Å². The molecule has 1 aromatic heterocycles. The van der Waals surface area contributed by atoms with Crippen LogP contribution < -0.4 is 5.32 Å². The minimum atomic E-state index is -0.324. The molecule has 2 N–H and O–H groups in total. The molecule has 1 amide bonds. The zero-order chi connectivity index (χ0) is 13.7. The highest BCUT2D eigenvalue weighted by Crippen LogP contribution is 2.20. The predicted octanol–water partition coefficient (Wildman–Crippen LogP) is 2.60. The van der Waals surface area contributed by atoms with Gasteiger partial charge >= 0.3 is 0 Å². The second-order valence-corrected chi connectivity index (χ2v) is 4.22. The molecule has 0 fully saturated rings. The van der Waals surface area contributed by atoms with Gasteiger partial charge in [0.25, 0.3) is 5.91 Å². The first-order valence-electron chi connectivity index (χ1n) is 6.22. The number of fused-ring (bicyclic) bond motifs is 1. The van der Waals surface area contributed by atoms with Crippen LogP contribution in [0.5, 0.6) is 0 Å². The summed E-state index contributed by atoms with van der Waals surface area (Å²) in [6.07, 6.45) is 4.26. The number of nitrogens with zero attached hydrogens (tertiary/aromatic N) is 1. The maximum atomic E-state index is 11.8. The van der Waals surface area contributed by atoms with E-state index >= 15 is 0 Å². The number of benzene rings is 1. The Kier molecular flexibility index (Phi) is 3.99. The van der Waals surface area contributed by atoms with Crippen LogP contribution in [0.15, 0.2) is 36.0 Å². The fourth-order valence-electron chi connectivity index (χ4n) is 1.85. The number of carbonyl (C=O) groups is 1. The Hall–Kier alpha value is -2.54. The number of nitrogens with one attached hydrogen (secondary N) is 2. The van der Waals surface area contributed by atoms with Crippen molar-refractivity contribution in [2.24, 2.45) is 0 Å². The summed E-state index contributed by atoms with van der Waals surface area (Å²) in [4.78, 5) is 14.9. The van der Waals surface area contributed by atoms with Crippen LogP contribution in [0.3, 0.4) is 0 Å². The van der Waals surface area contributed by atoms with Gasteiger partial charge in [0.05, 0.1) is 0 Å². The van der Waals surface area contributed by atoms with Crippen LogP contribution in [0.25, 0.3) is 17.0 Å². The Bertz CT molecular complexity index is 661. The molecule has 4 heteroatoms. The van der Waals surface area contributed by atoms with E-state index in [1.807, 2.05) is 37.3 Å². The summed E-state index contributed by atoms with van der Waals surface area (Å²) in [5.74, 6) is -0.324. The first-order chi connectivity index (χ1) is 9.26. The Labute approximate surface area is 111 Å². The normalized spacial score (nSPS) is 11.3. The van der Waals surface area contributed by atoms with E-state index in [2.05, 4.69) is 10.3 Å². The number of para-hydroxylation sites is 1. The predicted molar refractivity (Wildman–Crippen MR) is 75.2 cm³/mol. The highest BCUT2D eigenvalue weighted by Gasteiger charge is 2.09. The van der Waals surface area contributed by atoms with Crippen molar-refractivity contribution in [1.82, 2.24) is 10.3 Å². The molecule has 19 heavy (non-hydrogen) atoms. The van der Waals surface area contributed by atoms with Crippen LogP contribution in [-0.2, 0) is 4.79 Å². The molecule has 0 atom stereocenters. The molecule has 0 aliphatic heterocycles. The number of hydrogen-bond acceptors (Lipinski definition) is 2. The summed E-state index contributed by atoms with van der Waals surface area (Å²) in [6.45, 7) is 2.54. The van der Waals surface area contributed by atoms with Crippen LogP contribution >= 0.6 is 0 Å². The van der Waals surface area contributed by atoms with E-state index in [0.717, 1.165) is 22.9 Å². The van der Waals surface area contributed by atoms with Crippen molar-refractivity contribution >= 4 is 22.9 Å². The third-order valence-electron chi connectivity index (χ3n) is 2.82. The zero-order valence-electron chi connectivity index (χ0n) is 10.7. The summed E-state index contributed by atoms with van der Waals surface area (Å²) in [7, 11) is 0. The molecule has 0 radical (unpaired) electrons. The smallest absolute Gasteiger partial charge is 0.261 e. The van der Waals surface area contributed by atoms with Crippen LogP contribution in [0.4, 0.5) is 0 Å². The standard InChI is InChI=1S/C15H15N3O/c1-2-7-17-15(19)11(9-16)8-12-10-18-14-6-4-3-5-13(12)14/h3-6,8,10,18H,2,7H2,1H3,(H,17,19)/b11-8-. The highest BCUT2D eigenvalue weighted by molar-refractivity contribution is 6.03. The van der Waals surface area contributed by atoms with Crippen LogP contribution in [-0.4, -0.2) is 17.4 Å². The Morgan fingerprint density at radius 2 is 2.26 bits per heavy atom. The summed E-state index contributed by atoms with van der Waals surface area (Å²) < 4.78 is 0. The van der Waals surface area contributed by atoms with Crippen LogP contribution in [0.2, 0.25) is 0 Å². The van der Waals surface area contributed by atoms with Gasteiger partial charge in [-0.2, -0.15) is 5.26 Å². The number of aromatic amines is 1. The number of amides is 1. The fourth-order valence-corrected chi connectivity index (χ4v) is 1.85. The molecule has 4 nitrogen and oxygen atoms in total. The van der Waals surface area contributed by atoms with Crippen molar-refractivity contribution in [2.45, 2.75) is 13.3 Å². The molecular formula is C15H15N3O. The molecule has 96 valence electrons. The summed E-state index contributed by atoms with van der Waals surface area (Å²) in [5.41, 5.74) is 1.96. The molecular weight excluding hydrogens is 238 g/mol. The SMILES string of the molecule is CCCNC(=O)/C(C#N)=C\c1c[nH]c2ccccc12. The first-order valence-corrected chi connectivity index (χ1v) is 6.22. The maximum Gasteiger partial charge on any atom is 0.261 e. The average molecular weight is 253 g/mol. The van der Waals surface area contributed by atoms with Gasteiger partial charge in [-0.3, -0.25) is 4.79 Å². The van der Waals surface area contributed by atoms with E-state index < -0.39 is 0 Å². The second-order valence-electron chi connectivity index (χ2n) is 4.22. The van der Waals surface area contributed by atoms with Gasteiger partial charge in [-0.15, -0.1) is 0 Å². The first kappa shape index (κ1) is 12.9. The maximum absolute atomic E-state index is 11.8. The lowest BCUT2D eigenvalue weighted by Gasteiger charge is -2.01. The van der Waals surface area contributed by atoms with Crippen molar-refractivity contribution in [3.8, 4) is 6.07 Å². The number of aromatic nitrogens is 1. The third kappa shape index (κ3) is 2.83. The monoisotopic (exact) mass is 253 g/mol. The van der Waals surface area contributed by atoms with Gasteiger partial charge in [-0.05, 0) is 18.6 Å². The summed E-state index contributed by atoms with van der Waals surface area (Å²) in [5, 5.41) is 12.8. The second kappa shape index (κ2) is 5.87. The Morgan fingerprint density at radius 3 is 3.00 bits per heavy atom. The van der Waals surface area contributed by atoms with Gasteiger partial charge in [0.2, 0.25) is 0 Å². The summed E-state index contributed by atoms with van der Waals surface area (Å²) in [6, 6.07) is 9.72. The van der Waals surface area contributed by atoms with Gasteiger partial charge in [-0.1, -0.05) is 25.1 Å². The van der Waals surface area contributed by atoms with E-state index in [1.165, 1.54) is 0 Å². The quantitative estimate of drug-likeness (QED) is 0.649. The number of nitriles is 1. The molecule has 2 aromatic rings. The van der Waals surface area contributed by atoms with Gasteiger partial charge in [0.15, 0.2) is 0 Å². The molecule has 0 bridgehead atoms. The van der Waals surface area contributed by atoms with Gasteiger partial charge < -0.3 is 10.3 Å². The minimum Gasteiger partial charge on any atom is -0.361 e. The molecule has 0 aliphatic carbocycles. The highest BCUT2D eigenvalue weighted by atomic mass is 16.1. The average Bonchev–Trinajstić information content (AvgIpc) is 2.85. The van der Waals surface area contributed by atoms with Crippen molar-refractivity contribution < 1.29 is 4.79 Å². The Morgan fingerprint density at radius 1 is 1.47 bits per heavy atom. The third-order valence-corrected chi connectivity index (χ3v) is 2.82. The molecule has 1 aromatic carbocycles.